The number of phenols is 1. The Morgan fingerprint density at radius 2 is 1.78 bits per heavy atom. The Balaban J connectivity index is 2.07. The molecule has 0 heterocycles. The molecule has 0 saturated carbocycles. The molecule has 7 heteroatoms. The topological polar surface area (TPSA) is 87.7 Å². The Morgan fingerprint density at radius 1 is 1.09 bits per heavy atom. The highest BCUT2D eigenvalue weighted by molar-refractivity contribution is 6.44. The third-order valence-corrected chi connectivity index (χ3v) is 3.31. The fraction of sp³-hybridized carbons (Fsp3) is 0.125. The van der Waals surface area contributed by atoms with Gasteiger partial charge in [0, 0.05) is 5.69 Å². The van der Waals surface area contributed by atoms with Gasteiger partial charge in [-0.1, -0.05) is 17.7 Å². The van der Waals surface area contributed by atoms with E-state index in [-0.39, 0.29) is 11.4 Å². The molecule has 0 bridgehead atoms. The lowest BCUT2D eigenvalue weighted by atomic mass is 10.2. The van der Waals surface area contributed by atoms with Crippen molar-refractivity contribution in [2.24, 2.45) is 0 Å². The van der Waals surface area contributed by atoms with Crippen LogP contribution in [0.1, 0.15) is 5.56 Å². The van der Waals surface area contributed by atoms with E-state index < -0.39 is 11.8 Å². The number of nitrogens with one attached hydrogen (secondary N) is 2. The van der Waals surface area contributed by atoms with Gasteiger partial charge in [0.1, 0.15) is 11.5 Å². The molecule has 120 valence electrons. The molecule has 0 saturated heterocycles. The van der Waals surface area contributed by atoms with Crippen LogP contribution >= 0.6 is 11.6 Å². The van der Waals surface area contributed by atoms with Crippen molar-refractivity contribution < 1.29 is 19.4 Å². The zero-order chi connectivity index (χ0) is 17.0. The Morgan fingerprint density at radius 3 is 2.43 bits per heavy atom. The van der Waals surface area contributed by atoms with E-state index in [2.05, 4.69) is 10.6 Å². The normalized spacial score (nSPS) is 10.0. The summed E-state index contributed by atoms with van der Waals surface area (Å²) < 4.78 is 5.00. The van der Waals surface area contributed by atoms with E-state index in [1.807, 2.05) is 0 Å². The second-order valence-corrected chi connectivity index (χ2v) is 5.19. The molecule has 2 aromatic carbocycles. The maximum absolute atomic E-state index is 11.9. The zero-order valence-corrected chi connectivity index (χ0v) is 13.3. The van der Waals surface area contributed by atoms with E-state index in [9.17, 15) is 14.7 Å². The molecule has 0 spiro atoms. The van der Waals surface area contributed by atoms with Gasteiger partial charge < -0.3 is 20.5 Å². The first-order valence-corrected chi connectivity index (χ1v) is 7.04. The number of methoxy groups -OCH3 is 1. The number of aromatic hydroxyl groups is 1. The summed E-state index contributed by atoms with van der Waals surface area (Å²) in [5.74, 6) is -1.45. The largest absolute Gasteiger partial charge is 0.506 e. The van der Waals surface area contributed by atoms with Crippen LogP contribution in [-0.4, -0.2) is 24.0 Å². The maximum atomic E-state index is 11.9. The lowest BCUT2D eigenvalue weighted by Gasteiger charge is -2.10. The van der Waals surface area contributed by atoms with Crippen LogP contribution < -0.4 is 15.4 Å². The van der Waals surface area contributed by atoms with Crippen molar-refractivity contribution in [3.63, 3.8) is 0 Å². The summed E-state index contributed by atoms with van der Waals surface area (Å²) in [5, 5.41) is 14.7. The predicted octanol–water partition coefficient (Wildman–Crippen LogP) is 2.94. The van der Waals surface area contributed by atoms with Gasteiger partial charge >= 0.3 is 11.8 Å². The minimum absolute atomic E-state index is 0.121. The summed E-state index contributed by atoms with van der Waals surface area (Å²) in [5.41, 5.74) is 1.35. The van der Waals surface area contributed by atoms with E-state index in [0.29, 0.717) is 16.5 Å². The maximum Gasteiger partial charge on any atom is 0.314 e. The molecule has 0 atom stereocenters. The number of halogens is 1. The monoisotopic (exact) mass is 334 g/mol. The van der Waals surface area contributed by atoms with Gasteiger partial charge in [-0.2, -0.15) is 0 Å². The Bertz CT molecular complexity index is 762. The highest BCUT2D eigenvalue weighted by atomic mass is 35.5. The van der Waals surface area contributed by atoms with Crippen molar-refractivity contribution in [1.82, 2.24) is 0 Å². The van der Waals surface area contributed by atoms with Gasteiger partial charge in [0.15, 0.2) is 0 Å². The summed E-state index contributed by atoms with van der Waals surface area (Å²) in [7, 11) is 1.47. The van der Waals surface area contributed by atoms with Gasteiger partial charge in [0.25, 0.3) is 0 Å². The number of hydrogen-bond acceptors (Lipinski definition) is 4. The number of carbonyl (C=O) groups is 2. The summed E-state index contributed by atoms with van der Waals surface area (Å²) in [6.07, 6.45) is 0. The Kier molecular flexibility index (Phi) is 5.08. The lowest BCUT2D eigenvalue weighted by Crippen LogP contribution is -2.29. The van der Waals surface area contributed by atoms with Gasteiger partial charge in [-0.3, -0.25) is 9.59 Å². The molecule has 0 radical (unpaired) electrons. The first kappa shape index (κ1) is 16.6. The first-order chi connectivity index (χ1) is 10.9. The SMILES string of the molecule is COc1ccc(NC(=O)C(=O)Nc2cc(C)ccc2O)cc1Cl. The molecule has 2 aromatic rings. The molecule has 2 amide bonds. The van der Waals surface area contributed by atoms with E-state index in [0.717, 1.165) is 5.56 Å². The number of hydrogen-bond donors (Lipinski definition) is 3. The average Bonchev–Trinajstić information content (AvgIpc) is 2.51. The van der Waals surface area contributed by atoms with Gasteiger partial charge in [0.2, 0.25) is 0 Å². The molecule has 2 rings (SSSR count). The number of aryl methyl sites for hydroxylation is 1. The van der Waals surface area contributed by atoms with Crippen LogP contribution in [-0.2, 0) is 9.59 Å². The van der Waals surface area contributed by atoms with Crippen molar-refractivity contribution in [2.75, 3.05) is 17.7 Å². The summed E-state index contributed by atoms with van der Waals surface area (Å²) in [6, 6.07) is 9.28. The standard InChI is InChI=1S/C16H15ClN2O4/c1-9-3-5-13(20)12(7-9)19-16(22)15(21)18-10-4-6-14(23-2)11(17)8-10/h3-8,20H,1-2H3,(H,18,21)(H,19,22). The molecule has 0 aromatic heterocycles. The van der Waals surface area contributed by atoms with Crippen LogP contribution in [0.2, 0.25) is 5.02 Å². The minimum atomic E-state index is -0.905. The van der Waals surface area contributed by atoms with E-state index in [4.69, 9.17) is 16.3 Å². The third-order valence-electron chi connectivity index (χ3n) is 3.02. The van der Waals surface area contributed by atoms with Gasteiger partial charge in [-0.05, 0) is 42.8 Å². The number of carbonyl (C=O) groups excluding carboxylic acids is 2. The number of ether oxygens (including phenoxy) is 1. The lowest BCUT2D eigenvalue weighted by molar-refractivity contribution is -0.133. The second kappa shape index (κ2) is 7.02. The van der Waals surface area contributed by atoms with Crippen LogP contribution in [0.15, 0.2) is 36.4 Å². The predicted molar refractivity (Wildman–Crippen MR) is 88.1 cm³/mol. The van der Waals surface area contributed by atoms with Crippen molar-refractivity contribution in [3.8, 4) is 11.5 Å². The molecular weight excluding hydrogens is 320 g/mol. The fourth-order valence-electron chi connectivity index (χ4n) is 1.86. The quantitative estimate of drug-likeness (QED) is 0.595. The molecule has 3 N–H and O–H groups in total. The van der Waals surface area contributed by atoms with E-state index in [1.165, 1.54) is 19.2 Å². The van der Waals surface area contributed by atoms with Gasteiger partial charge in [-0.15, -0.1) is 0 Å². The Labute approximate surface area is 138 Å². The van der Waals surface area contributed by atoms with Crippen molar-refractivity contribution in [1.29, 1.82) is 0 Å². The molecule has 23 heavy (non-hydrogen) atoms. The first-order valence-electron chi connectivity index (χ1n) is 6.66. The number of anilines is 2. The summed E-state index contributed by atoms with van der Waals surface area (Å²) in [4.78, 5) is 23.8. The molecule has 0 fully saturated rings. The summed E-state index contributed by atoms with van der Waals surface area (Å²) >= 11 is 5.95. The number of benzene rings is 2. The van der Waals surface area contributed by atoms with Crippen LogP contribution in [0.5, 0.6) is 11.5 Å². The van der Waals surface area contributed by atoms with Crippen molar-refractivity contribution in [3.05, 3.63) is 47.0 Å². The Hall–Kier alpha value is -2.73. The summed E-state index contributed by atoms with van der Waals surface area (Å²) in [6.45, 7) is 1.80. The van der Waals surface area contributed by atoms with Crippen LogP contribution in [0.4, 0.5) is 11.4 Å². The van der Waals surface area contributed by atoms with Gasteiger partial charge in [0.05, 0.1) is 17.8 Å². The van der Waals surface area contributed by atoms with E-state index in [1.54, 1.807) is 31.2 Å². The minimum Gasteiger partial charge on any atom is -0.506 e. The fourth-order valence-corrected chi connectivity index (χ4v) is 2.12. The molecule has 0 unspecified atom stereocenters. The smallest absolute Gasteiger partial charge is 0.314 e. The van der Waals surface area contributed by atoms with Crippen LogP contribution in [0.25, 0.3) is 0 Å². The molecule has 6 nitrogen and oxygen atoms in total. The molecule has 0 aliphatic carbocycles. The highest BCUT2D eigenvalue weighted by Crippen LogP contribution is 2.27. The van der Waals surface area contributed by atoms with Crippen LogP contribution in [0.3, 0.4) is 0 Å². The van der Waals surface area contributed by atoms with Crippen LogP contribution in [0, 0.1) is 6.92 Å². The molecular formula is C16H15ClN2O4. The average molecular weight is 335 g/mol. The number of phenolic OH excluding ortho intramolecular Hbond substituents is 1. The van der Waals surface area contributed by atoms with Crippen molar-refractivity contribution in [2.45, 2.75) is 6.92 Å². The van der Waals surface area contributed by atoms with Crippen molar-refractivity contribution >= 4 is 34.8 Å². The molecule has 0 aliphatic rings. The highest BCUT2D eigenvalue weighted by Gasteiger charge is 2.16. The van der Waals surface area contributed by atoms with Gasteiger partial charge in [-0.25, -0.2) is 0 Å². The number of rotatable bonds is 3. The van der Waals surface area contributed by atoms with E-state index >= 15 is 0 Å². The second-order valence-electron chi connectivity index (χ2n) is 4.78. The number of amides is 2. The third kappa shape index (κ3) is 4.14. The molecule has 0 aliphatic heterocycles. The zero-order valence-electron chi connectivity index (χ0n) is 12.5.